The number of likely N-dealkylation sites (tertiary alicyclic amines) is 1. The fourth-order valence-corrected chi connectivity index (χ4v) is 3.28. The largest absolute Gasteiger partial charge is 0.310 e. The quantitative estimate of drug-likeness (QED) is 0.753. The van der Waals surface area contributed by atoms with E-state index in [2.05, 4.69) is 31.0 Å². The topological polar surface area (TPSA) is 15.3 Å². The van der Waals surface area contributed by atoms with Gasteiger partial charge in [-0.25, -0.2) is 0 Å². The van der Waals surface area contributed by atoms with Gasteiger partial charge in [0.05, 0.1) is 0 Å². The van der Waals surface area contributed by atoms with Crippen molar-refractivity contribution in [1.82, 2.24) is 10.2 Å². The molecule has 2 heteroatoms. The van der Waals surface area contributed by atoms with Crippen LogP contribution in [0.3, 0.4) is 0 Å². The van der Waals surface area contributed by atoms with Gasteiger partial charge in [0.2, 0.25) is 0 Å². The minimum absolute atomic E-state index is 0.389. The Morgan fingerprint density at radius 1 is 1.20 bits per heavy atom. The van der Waals surface area contributed by atoms with Gasteiger partial charge in [-0.15, -0.1) is 0 Å². The Balaban J connectivity index is 1.96. The first kappa shape index (κ1) is 11.4. The number of hydrogen-bond donors (Lipinski definition) is 1. The Bertz CT molecular complexity index is 199. The van der Waals surface area contributed by atoms with Crippen LogP contribution in [0.4, 0.5) is 0 Å². The van der Waals surface area contributed by atoms with E-state index < -0.39 is 0 Å². The lowest BCUT2D eigenvalue weighted by Crippen LogP contribution is -2.54. The highest BCUT2D eigenvalue weighted by molar-refractivity contribution is 4.94. The van der Waals surface area contributed by atoms with Crippen LogP contribution in [-0.2, 0) is 0 Å². The van der Waals surface area contributed by atoms with E-state index in [-0.39, 0.29) is 0 Å². The summed E-state index contributed by atoms with van der Waals surface area (Å²) in [7, 11) is 0. The number of piperidine rings is 1. The molecule has 2 saturated heterocycles. The van der Waals surface area contributed by atoms with Gasteiger partial charge in [-0.1, -0.05) is 6.42 Å². The summed E-state index contributed by atoms with van der Waals surface area (Å²) in [4.78, 5) is 2.72. The molecule has 0 spiro atoms. The van der Waals surface area contributed by atoms with Crippen LogP contribution in [0.25, 0.3) is 0 Å². The molecule has 2 heterocycles. The Labute approximate surface area is 94.4 Å². The van der Waals surface area contributed by atoms with Gasteiger partial charge >= 0.3 is 0 Å². The van der Waals surface area contributed by atoms with Crippen molar-refractivity contribution in [2.45, 2.75) is 70.5 Å². The molecule has 2 nitrogen and oxygen atoms in total. The van der Waals surface area contributed by atoms with Crippen LogP contribution in [-0.4, -0.2) is 35.6 Å². The second-order valence-electron chi connectivity index (χ2n) is 5.89. The van der Waals surface area contributed by atoms with Gasteiger partial charge in [-0.3, -0.25) is 4.90 Å². The highest BCUT2D eigenvalue weighted by atomic mass is 15.2. The monoisotopic (exact) mass is 210 g/mol. The zero-order valence-corrected chi connectivity index (χ0v) is 10.6. The zero-order chi connectivity index (χ0) is 10.9. The van der Waals surface area contributed by atoms with Crippen molar-refractivity contribution in [2.75, 3.05) is 13.1 Å². The summed E-state index contributed by atoms with van der Waals surface area (Å²) in [5.41, 5.74) is 0.389. The third-order valence-electron chi connectivity index (χ3n) is 4.36. The summed E-state index contributed by atoms with van der Waals surface area (Å²) in [6.07, 6.45) is 6.90. The SMILES string of the molecule is CC1CCCC(C)N1CC1(C)CCCN1. The second-order valence-corrected chi connectivity index (χ2v) is 5.89. The molecular weight excluding hydrogens is 184 g/mol. The first-order valence-corrected chi connectivity index (χ1v) is 6.61. The first-order valence-electron chi connectivity index (χ1n) is 6.61. The van der Waals surface area contributed by atoms with Crippen LogP contribution in [0, 0.1) is 0 Å². The van der Waals surface area contributed by atoms with Crippen LogP contribution in [0.15, 0.2) is 0 Å². The van der Waals surface area contributed by atoms with Crippen molar-refractivity contribution in [3.63, 3.8) is 0 Å². The summed E-state index contributed by atoms with van der Waals surface area (Å²) in [5.74, 6) is 0. The van der Waals surface area contributed by atoms with Crippen LogP contribution in [0.5, 0.6) is 0 Å². The van der Waals surface area contributed by atoms with E-state index in [1.54, 1.807) is 0 Å². The fourth-order valence-electron chi connectivity index (χ4n) is 3.28. The Hall–Kier alpha value is -0.0800. The smallest absolute Gasteiger partial charge is 0.0281 e. The molecule has 0 saturated carbocycles. The summed E-state index contributed by atoms with van der Waals surface area (Å²) in [6.45, 7) is 9.65. The molecule has 0 amide bonds. The zero-order valence-electron chi connectivity index (χ0n) is 10.6. The number of nitrogens with zero attached hydrogens (tertiary/aromatic N) is 1. The Kier molecular flexibility index (Phi) is 3.36. The molecule has 0 aromatic rings. The molecular formula is C13H26N2. The molecule has 2 aliphatic heterocycles. The molecule has 2 rings (SSSR count). The first-order chi connectivity index (χ1) is 7.11. The molecule has 15 heavy (non-hydrogen) atoms. The molecule has 0 radical (unpaired) electrons. The van der Waals surface area contributed by atoms with Gasteiger partial charge in [-0.2, -0.15) is 0 Å². The molecule has 2 fully saturated rings. The number of hydrogen-bond acceptors (Lipinski definition) is 2. The van der Waals surface area contributed by atoms with Crippen molar-refractivity contribution < 1.29 is 0 Å². The third-order valence-corrected chi connectivity index (χ3v) is 4.36. The number of nitrogens with one attached hydrogen (secondary N) is 1. The third kappa shape index (κ3) is 2.54. The van der Waals surface area contributed by atoms with E-state index in [1.807, 2.05) is 0 Å². The average molecular weight is 210 g/mol. The summed E-state index contributed by atoms with van der Waals surface area (Å²) < 4.78 is 0. The van der Waals surface area contributed by atoms with Crippen LogP contribution in [0.1, 0.15) is 52.9 Å². The molecule has 3 atom stereocenters. The van der Waals surface area contributed by atoms with Crippen LogP contribution < -0.4 is 5.32 Å². The van der Waals surface area contributed by atoms with Crippen molar-refractivity contribution in [3.8, 4) is 0 Å². The average Bonchev–Trinajstić information content (AvgIpc) is 2.60. The molecule has 0 aromatic heterocycles. The molecule has 3 unspecified atom stereocenters. The van der Waals surface area contributed by atoms with Gasteiger partial charge in [0, 0.05) is 24.2 Å². The van der Waals surface area contributed by atoms with Crippen LogP contribution in [0.2, 0.25) is 0 Å². The van der Waals surface area contributed by atoms with Gasteiger partial charge in [0.25, 0.3) is 0 Å². The van der Waals surface area contributed by atoms with Gasteiger partial charge in [0.1, 0.15) is 0 Å². The second kappa shape index (κ2) is 4.42. The lowest BCUT2D eigenvalue weighted by Gasteiger charge is -2.43. The highest BCUT2D eigenvalue weighted by Gasteiger charge is 2.34. The summed E-state index contributed by atoms with van der Waals surface area (Å²) in [6, 6.07) is 1.57. The molecule has 1 N–H and O–H groups in total. The Morgan fingerprint density at radius 2 is 1.87 bits per heavy atom. The van der Waals surface area contributed by atoms with Gasteiger partial charge < -0.3 is 5.32 Å². The molecule has 0 bridgehead atoms. The molecule has 88 valence electrons. The Morgan fingerprint density at radius 3 is 2.40 bits per heavy atom. The predicted molar refractivity (Wildman–Crippen MR) is 65.1 cm³/mol. The van der Waals surface area contributed by atoms with Crippen molar-refractivity contribution in [1.29, 1.82) is 0 Å². The maximum Gasteiger partial charge on any atom is 0.0281 e. The van der Waals surface area contributed by atoms with Crippen molar-refractivity contribution >= 4 is 0 Å². The van der Waals surface area contributed by atoms with Crippen molar-refractivity contribution in [2.24, 2.45) is 0 Å². The van der Waals surface area contributed by atoms with E-state index >= 15 is 0 Å². The maximum atomic E-state index is 3.68. The maximum absolute atomic E-state index is 3.68. The molecule has 0 aromatic carbocycles. The van der Waals surface area contributed by atoms with E-state index in [1.165, 1.54) is 45.2 Å². The van der Waals surface area contributed by atoms with Crippen molar-refractivity contribution in [3.05, 3.63) is 0 Å². The lowest BCUT2D eigenvalue weighted by molar-refractivity contribution is 0.0740. The normalized spacial score (nSPS) is 43.4. The molecule has 2 aliphatic rings. The minimum Gasteiger partial charge on any atom is -0.310 e. The molecule has 0 aliphatic carbocycles. The lowest BCUT2D eigenvalue weighted by atomic mass is 9.92. The fraction of sp³-hybridized carbons (Fsp3) is 1.00. The predicted octanol–water partition coefficient (Wildman–Crippen LogP) is 2.39. The minimum atomic E-state index is 0.389. The van der Waals surface area contributed by atoms with Crippen LogP contribution >= 0.6 is 0 Å². The summed E-state index contributed by atoms with van der Waals surface area (Å²) in [5, 5.41) is 3.68. The van der Waals surface area contributed by atoms with E-state index in [4.69, 9.17) is 0 Å². The summed E-state index contributed by atoms with van der Waals surface area (Å²) >= 11 is 0. The van der Waals surface area contributed by atoms with E-state index in [9.17, 15) is 0 Å². The van der Waals surface area contributed by atoms with E-state index in [0.29, 0.717) is 5.54 Å². The van der Waals surface area contributed by atoms with E-state index in [0.717, 1.165) is 12.1 Å². The number of rotatable bonds is 2. The van der Waals surface area contributed by atoms with Gasteiger partial charge in [0.15, 0.2) is 0 Å². The standard InChI is InChI=1S/C13H26N2/c1-11-6-4-7-12(2)15(11)10-13(3)8-5-9-14-13/h11-12,14H,4-10H2,1-3H3. The highest BCUT2D eigenvalue weighted by Crippen LogP contribution is 2.27. The van der Waals surface area contributed by atoms with Gasteiger partial charge in [-0.05, 0) is 53.0 Å².